The number of pyridine rings is 2. The maximum absolute atomic E-state index is 4.67. The summed E-state index contributed by atoms with van der Waals surface area (Å²) in [5.74, 6) is 0. The van der Waals surface area contributed by atoms with E-state index in [1.165, 1.54) is 11.1 Å². The van der Waals surface area contributed by atoms with Gasteiger partial charge in [-0.25, -0.2) is 0 Å². The van der Waals surface area contributed by atoms with Crippen molar-refractivity contribution in [1.82, 2.24) is 9.97 Å². The standard InChI is InChI=1S/C18H24N2/c1-17(2,3)14-9-11-20-16(18(4,5)6)15(14)13-8-7-10-19-12-13/h7-12H,1-6H3. The minimum absolute atomic E-state index is 0.00638. The molecule has 2 aromatic heterocycles. The summed E-state index contributed by atoms with van der Waals surface area (Å²) in [5.41, 5.74) is 4.93. The van der Waals surface area contributed by atoms with Crippen LogP contribution in [0.4, 0.5) is 0 Å². The van der Waals surface area contributed by atoms with Crippen molar-refractivity contribution in [3.8, 4) is 11.1 Å². The summed E-state index contributed by atoms with van der Waals surface area (Å²) in [4.78, 5) is 8.95. The second-order valence-electron chi connectivity index (χ2n) is 7.32. The van der Waals surface area contributed by atoms with Crippen LogP contribution in [0, 0.1) is 0 Å². The molecule has 2 nitrogen and oxygen atoms in total. The van der Waals surface area contributed by atoms with Crippen molar-refractivity contribution in [1.29, 1.82) is 0 Å². The zero-order chi connectivity index (χ0) is 15.0. The molecule has 2 heterocycles. The average molecular weight is 268 g/mol. The first kappa shape index (κ1) is 14.7. The summed E-state index contributed by atoms with van der Waals surface area (Å²) in [6, 6.07) is 6.24. The summed E-state index contributed by atoms with van der Waals surface area (Å²) in [6.45, 7) is 13.4. The first-order chi connectivity index (χ1) is 9.21. The largest absolute Gasteiger partial charge is 0.264 e. The molecule has 0 aliphatic rings. The molecule has 2 heteroatoms. The van der Waals surface area contributed by atoms with Gasteiger partial charge in [0, 0.05) is 35.1 Å². The SMILES string of the molecule is CC(C)(C)c1ccnc(C(C)(C)C)c1-c1cccnc1. The Labute approximate surface area is 122 Å². The highest BCUT2D eigenvalue weighted by molar-refractivity contribution is 5.71. The molecule has 0 spiro atoms. The lowest BCUT2D eigenvalue weighted by molar-refractivity contribution is 0.556. The van der Waals surface area contributed by atoms with Gasteiger partial charge >= 0.3 is 0 Å². The highest BCUT2D eigenvalue weighted by Crippen LogP contribution is 2.38. The predicted molar refractivity (Wildman–Crippen MR) is 84.9 cm³/mol. The number of hydrogen-bond acceptors (Lipinski definition) is 2. The Morgan fingerprint density at radius 2 is 1.55 bits per heavy atom. The van der Waals surface area contributed by atoms with Crippen molar-refractivity contribution in [2.75, 3.05) is 0 Å². The molecular formula is C18H24N2. The third kappa shape index (κ3) is 2.90. The molecule has 0 saturated carbocycles. The maximum atomic E-state index is 4.67. The minimum Gasteiger partial charge on any atom is -0.264 e. The summed E-state index contributed by atoms with van der Waals surface area (Å²) >= 11 is 0. The highest BCUT2D eigenvalue weighted by Gasteiger charge is 2.27. The van der Waals surface area contributed by atoms with Crippen molar-refractivity contribution in [3.05, 3.63) is 48.0 Å². The van der Waals surface area contributed by atoms with Crippen LogP contribution in [0.15, 0.2) is 36.8 Å². The van der Waals surface area contributed by atoms with E-state index in [0.29, 0.717) is 0 Å². The molecule has 0 radical (unpaired) electrons. The molecule has 0 bridgehead atoms. The molecule has 0 aliphatic heterocycles. The van der Waals surface area contributed by atoms with Crippen LogP contribution in [0.2, 0.25) is 0 Å². The first-order valence-electron chi connectivity index (χ1n) is 7.11. The number of rotatable bonds is 1. The molecule has 0 amide bonds. The fourth-order valence-electron chi connectivity index (χ4n) is 2.46. The predicted octanol–water partition coefficient (Wildman–Crippen LogP) is 4.74. The Kier molecular flexibility index (Phi) is 3.68. The van der Waals surface area contributed by atoms with Gasteiger partial charge in [0.05, 0.1) is 5.69 Å². The van der Waals surface area contributed by atoms with Gasteiger partial charge in [-0.05, 0) is 23.1 Å². The average Bonchev–Trinajstić information content (AvgIpc) is 2.37. The summed E-state index contributed by atoms with van der Waals surface area (Å²) < 4.78 is 0. The van der Waals surface area contributed by atoms with Gasteiger partial charge in [-0.1, -0.05) is 47.6 Å². The third-order valence-corrected chi connectivity index (χ3v) is 3.42. The zero-order valence-corrected chi connectivity index (χ0v) is 13.4. The van der Waals surface area contributed by atoms with Gasteiger partial charge in [-0.15, -0.1) is 0 Å². The Morgan fingerprint density at radius 1 is 0.850 bits per heavy atom. The number of nitrogens with zero attached hydrogens (tertiary/aromatic N) is 2. The lowest BCUT2D eigenvalue weighted by Crippen LogP contribution is -2.20. The molecule has 20 heavy (non-hydrogen) atoms. The quantitative estimate of drug-likeness (QED) is 0.746. The molecule has 0 aliphatic carbocycles. The monoisotopic (exact) mass is 268 g/mol. The third-order valence-electron chi connectivity index (χ3n) is 3.42. The molecule has 0 saturated heterocycles. The first-order valence-corrected chi connectivity index (χ1v) is 7.11. The van der Waals surface area contributed by atoms with Crippen LogP contribution in [0.25, 0.3) is 11.1 Å². The Hall–Kier alpha value is -1.70. The molecule has 0 atom stereocenters. The van der Waals surface area contributed by atoms with E-state index < -0.39 is 0 Å². The number of hydrogen-bond donors (Lipinski definition) is 0. The fourth-order valence-corrected chi connectivity index (χ4v) is 2.46. The van der Waals surface area contributed by atoms with Crippen molar-refractivity contribution in [2.24, 2.45) is 0 Å². The van der Waals surface area contributed by atoms with E-state index in [4.69, 9.17) is 0 Å². The van der Waals surface area contributed by atoms with Crippen molar-refractivity contribution < 1.29 is 0 Å². The molecule has 0 N–H and O–H groups in total. The van der Waals surface area contributed by atoms with Crippen LogP contribution in [-0.4, -0.2) is 9.97 Å². The van der Waals surface area contributed by atoms with Crippen LogP contribution in [0.1, 0.15) is 52.8 Å². The topological polar surface area (TPSA) is 25.8 Å². The second-order valence-corrected chi connectivity index (χ2v) is 7.32. The fraction of sp³-hybridized carbons (Fsp3) is 0.444. The highest BCUT2D eigenvalue weighted by atomic mass is 14.7. The van der Waals surface area contributed by atoms with Crippen LogP contribution in [0.3, 0.4) is 0 Å². The van der Waals surface area contributed by atoms with E-state index in [1.54, 1.807) is 0 Å². The van der Waals surface area contributed by atoms with E-state index in [9.17, 15) is 0 Å². The van der Waals surface area contributed by atoms with Gasteiger partial charge < -0.3 is 0 Å². The lowest BCUT2D eigenvalue weighted by atomic mass is 9.77. The lowest BCUT2D eigenvalue weighted by Gasteiger charge is -2.29. The Morgan fingerprint density at radius 3 is 2.05 bits per heavy atom. The van der Waals surface area contributed by atoms with Crippen molar-refractivity contribution in [3.63, 3.8) is 0 Å². The summed E-state index contributed by atoms with van der Waals surface area (Å²) in [6.07, 6.45) is 5.68. The van der Waals surface area contributed by atoms with E-state index in [0.717, 1.165) is 11.3 Å². The molecule has 2 rings (SSSR count). The van der Waals surface area contributed by atoms with E-state index in [-0.39, 0.29) is 10.8 Å². The molecule has 106 valence electrons. The maximum Gasteiger partial charge on any atom is 0.0538 e. The van der Waals surface area contributed by atoms with Crippen molar-refractivity contribution in [2.45, 2.75) is 52.4 Å². The van der Waals surface area contributed by atoms with Gasteiger partial charge in [-0.2, -0.15) is 0 Å². The van der Waals surface area contributed by atoms with Gasteiger partial charge in [0.15, 0.2) is 0 Å². The molecule has 0 unspecified atom stereocenters. The second kappa shape index (κ2) is 5.01. The Balaban J connectivity index is 2.80. The normalized spacial score (nSPS) is 12.5. The van der Waals surface area contributed by atoms with Crippen LogP contribution in [-0.2, 0) is 10.8 Å². The Bertz CT molecular complexity index is 555. The molecule has 2 aromatic rings. The molecule has 0 aromatic carbocycles. The van der Waals surface area contributed by atoms with Crippen LogP contribution >= 0.6 is 0 Å². The van der Waals surface area contributed by atoms with Gasteiger partial charge in [-0.3, -0.25) is 9.97 Å². The zero-order valence-electron chi connectivity index (χ0n) is 13.4. The molecular weight excluding hydrogens is 244 g/mol. The van der Waals surface area contributed by atoms with Gasteiger partial charge in [0.1, 0.15) is 0 Å². The smallest absolute Gasteiger partial charge is 0.0538 e. The molecule has 0 fully saturated rings. The van der Waals surface area contributed by atoms with E-state index in [2.05, 4.69) is 63.6 Å². The van der Waals surface area contributed by atoms with E-state index in [1.807, 2.05) is 24.7 Å². The summed E-state index contributed by atoms with van der Waals surface area (Å²) in [5, 5.41) is 0. The van der Waals surface area contributed by atoms with Crippen LogP contribution in [0.5, 0.6) is 0 Å². The number of aromatic nitrogens is 2. The summed E-state index contributed by atoms with van der Waals surface area (Å²) in [7, 11) is 0. The van der Waals surface area contributed by atoms with E-state index >= 15 is 0 Å². The minimum atomic E-state index is 0.00638. The van der Waals surface area contributed by atoms with Gasteiger partial charge in [0.25, 0.3) is 0 Å². The van der Waals surface area contributed by atoms with Crippen molar-refractivity contribution >= 4 is 0 Å². The van der Waals surface area contributed by atoms with Gasteiger partial charge in [0.2, 0.25) is 0 Å². The van der Waals surface area contributed by atoms with Crippen LogP contribution < -0.4 is 0 Å².